The third kappa shape index (κ3) is 4.56. The molecule has 0 aromatic heterocycles. The number of rotatable bonds is 6. The number of aryl methyl sites for hydroxylation is 4. The first-order valence-corrected chi connectivity index (χ1v) is 12.0. The van der Waals surface area contributed by atoms with Gasteiger partial charge in [0.2, 0.25) is 0 Å². The largest absolute Gasteiger partial charge is 0.489 e. The SMILES string of the molecule is [CH2]Oc1c(C)cc(C)cc1-c1cc(C)cc(C)c1OP(c1ccccc1)c1ccccc1. The van der Waals surface area contributed by atoms with Crippen molar-refractivity contribution in [2.45, 2.75) is 27.7 Å². The molecule has 0 saturated heterocycles. The van der Waals surface area contributed by atoms with Gasteiger partial charge in [0.1, 0.15) is 18.6 Å². The fraction of sp³-hybridized carbons (Fsp3) is 0.138. The Balaban J connectivity index is 1.91. The summed E-state index contributed by atoms with van der Waals surface area (Å²) in [6.07, 6.45) is 0. The molecule has 0 amide bonds. The Morgan fingerprint density at radius 1 is 0.594 bits per heavy atom. The molecule has 4 aromatic rings. The third-order valence-electron chi connectivity index (χ3n) is 5.44. The molecule has 0 heterocycles. The van der Waals surface area contributed by atoms with Crippen molar-refractivity contribution in [2.24, 2.45) is 0 Å². The van der Waals surface area contributed by atoms with Crippen LogP contribution in [0, 0.1) is 34.8 Å². The zero-order valence-corrected chi connectivity index (χ0v) is 19.9. The van der Waals surface area contributed by atoms with E-state index in [1.807, 2.05) is 12.1 Å². The molecule has 0 atom stereocenters. The van der Waals surface area contributed by atoms with E-state index in [1.165, 1.54) is 21.7 Å². The lowest BCUT2D eigenvalue weighted by Gasteiger charge is -2.24. The molecule has 161 valence electrons. The highest BCUT2D eigenvalue weighted by molar-refractivity contribution is 7.68. The van der Waals surface area contributed by atoms with Gasteiger partial charge >= 0.3 is 0 Å². The molecule has 2 nitrogen and oxygen atoms in total. The highest BCUT2D eigenvalue weighted by atomic mass is 31.1. The summed E-state index contributed by atoms with van der Waals surface area (Å²) < 4.78 is 12.5. The number of hydrogen-bond acceptors (Lipinski definition) is 2. The molecular weight excluding hydrogens is 411 g/mol. The lowest BCUT2D eigenvalue weighted by molar-refractivity contribution is 0.470. The van der Waals surface area contributed by atoms with Crippen molar-refractivity contribution in [3.63, 3.8) is 0 Å². The Morgan fingerprint density at radius 3 is 1.50 bits per heavy atom. The molecule has 0 unspecified atom stereocenters. The van der Waals surface area contributed by atoms with E-state index >= 15 is 0 Å². The summed E-state index contributed by atoms with van der Waals surface area (Å²) in [5.41, 5.74) is 6.57. The summed E-state index contributed by atoms with van der Waals surface area (Å²) in [6.45, 7) is 8.39. The summed E-state index contributed by atoms with van der Waals surface area (Å²) in [7, 11) is 2.68. The summed E-state index contributed by atoms with van der Waals surface area (Å²) in [6, 6.07) is 29.6. The molecular formula is C29H28O2P. The molecule has 0 bridgehead atoms. The van der Waals surface area contributed by atoms with Crippen LogP contribution in [0.15, 0.2) is 84.9 Å². The Morgan fingerprint density at radius 2 is 1.03 bits per heavy atom. The van der Waals surface area contributed by atoms with Crippen LogP contribution >= 0.6 is 8.15 Å². The fourth-order valence-electron chi connectivity index (χ4n) is 4.09. The highest BCUT2D eigenvalue weighted by Crippen LogP contribution is 2.46. The lowest BCUT2D eigenvalue weighted by Crippen LogP contribution is -2.16. The minimum absolute atomic E-state index is 0.786. The normalized spacial score (nSPS) is 10.9. The van der Waals surface area contributed by atoms with Gasteiger partial charge in [0.05, 0.1) is 0 Å². The van der Waals surface area contributed by atoms with Gasteiger partial charge in [-0.25, -0.2) is 0 Å². The lowest BCUT2D eigenvalue weighted by atomic mass is 9.95. The first kappa shape index (κ1) is 22.1. The van der Waals surface area contributed by atoms with E-state index in [9.17, 15) is 0 Å². The monoisotopic (exact) mass is 439 g/mol. The molecule has 4 aromatic carbocycles. The third-order valence-corrected chi connectivity index (χ3v) is 7.34. The fourth-order valence-corrected chi connectivity index (χ4v) is 5.91. The van der Waals surface area contributed by atoms with Crippen LogP contribution < -0.4 is 19.9 Å². The predicted octanol–water partition coefficient (Wildman–Crippen LogP) is 7.18. The maximum atomic E-state index is 6.93. The number of benzene rings is 4. The van der Waals surface area contributed by atoms with Crippen LogP contribution in [0.1, 0.15) is 22.3 Å². The Hall–Kier alpha value is -3.09. The number of ether oxygens (including phenoxy) is 1. The Bertz CT molecular complexity index is 1180. The van der Waals surface area contributed by atoms with Gasteiger partial charge in [-0.2, -0.15) is 0 Å². The molecule has 0 fully saturated rings. The average Bonchev–Trinajstić information content (AvgIpc) is 2.79. The molecule has 0 aliphatic heterocycles. The van der Waals surface area contributed by atoms with Crippen LogP contribution in [0.2, 0.25) is 0 Å². The van der Waals surface area contributed by atoms with Gasteiger partial charge in [0.15, 0.2) is 8.15 Å². The van der Waals surface area contributed by atoms with Gasteiger partial charge in [-0.1, -0.05) is 72.8 Å². The van der Waals surface area contributed by atoms with Crippen molar-refractivity contribution in [3.8, 4) is 22.6 Å². The van der Waals surface area contributed by atoms with Gasteiger partial charge in [-0.3, -0.25) is 0 Å². The predicted molar refractivity (Wildman–Crippen MR) is 137 cm³/mol. The molecule has 0 aliphatic carbocycles. The molecule has 4 rings (SSSR count). The summed E-state index contributed by atoms with van der Waals surface area (Å²) in [4.78, 5) is 0. The number of hydrogen-bond donors (Lipinski definition) is 0. The molecule has 0 aliphatic rings. The van der Waals surface area contributed by atoms with Crippen LogP contribution in [0.25, 0.3) is 11.1 Å². The maximum Gasteiger partial charge on any atom is 0.150 e. The molecule has 0 N–H and O–H groups in total. The first-order chi connectivity index (χ1) is 15.5. The quantitative estimate of drug-likeness (QED) is 0.296. The second-order valence-corrected chi connectivity index (χ2v) is 9.92. The standard InChI is InChI=1S/C29H28O2P/c1-20-16-22(3)28(30-5)26(18-20)27-19-21(2)17-23(4)29(27)31-32(24-12-8-6-9-13-24)25-14-10-7-11-15-25/h6-19H,5H2,1-4H3. The van der Waals surface area contributed by atoms with E-state index in [2.05, 4.69) is 108 Å². The van der Waals surface area contributed by atoms with E-state index < -0.39 is 8.15 Å². The minimum Gasteiger partial charge on any atom is -0.489 e. The highest BCUT2D eigenvalue weighted by Gasteiger charge is 2.22. The molecule has 3 heteroatoms. The Labute approximate surface area is 192 Å². The van der Waals surface area contributed by atoms with Crippen LogP contribution in [0.3, 0.4) is 0 Å². The maximum absolute atomic E-state index is 6.93. The van der Waals surface area contributed by atoms with Crippen molar-refractivity contribution < 1.29 is 9.26 Å². The van der Waals surface area contributed by atoms with Crippen LogP contribution in [0.5, 0.6) is 11.5 Å². The second-order valence-electron chi connectivity index (χ2n) is 8.12. The average molecular weight is 440 g/mol. The second kappa shape index (κ2) is 9.59. The summed E-state index contributed by atoms with van der Waals surface area (Å²) >= 11 is 0. The van der Waals surface area contributed by atoms with Gasteiger partial charge in [-0.15, -0.1) is 0 Å². The van der Waals surface area contributed by atoms with E-state index in [4.69, 9.17) is 9.26 Å². The van der Waals surface area contributed by atoms with Crippen molar-refractivity contribution in [2.75, 3.05) is 0 Å². The minimum atomic E-state index is -1.05. The van der Waals surface area contributed by atoms with E-state index in [0.29, 0.717) is 0 Å². The molecule has 0 spiro atoms. The Kier molecular flexibility index (Phi) is 6.63. The van der Waals surface area contributed by atoms with Gasteiger partial charge in [0.25, 0.3) is 0 Å². The summed E-state index contributed by atoms with van der Waals surface area (Å²) in [5, 5.41) is 2.35. The van der Waals surface area contributed by atoms with Crippen molar-refractivity contribution in [1.82, 2.24) is 0 Å². The smallest absolute Gasteiger partial charge is 0.150 e. The zero-order chi connectivity index (χ0) is 22.7. The summed E-state index contributed by atoms with van der Waals surface area (Å²) in [5.74, 6) is 1.67. The zero-order valence-electron chi connectivity index (χ0n) is 19.1. The van der Waals surface area contributed by atoms with Crippen molar-refractivity contribution in [3.05, 3.63) is 114 Å². The molecule has 1 radical (unpaired) electrons. The van der Waals surface area contributed by atoms with Crippen molar-refractivity contribution in [1.29, 1.82) is 0 Å². The van der Waals surface area contributed by atoms with Crippen LogP contribution in [-0.4, -0.2) is 0 Å². The topological polar surface area (TPSA) is 18.5 Å². The van der Waals surface area contributed by atoms with Gasteiger partial charge in [-0.05, 0) is 62.1 Å². The van der Waals surface area contributed by atoms with Gasteiger partial charge < -0.3 is 9.26 Å². The van der Waals surface area contributed by atoms with Crippen LogP contribution in [0.4, 0.5) is 0 Å². The van der Waals surface area contributed by atoms with Crippen LogP contribution in [-0.2, 0) is 0 Å². The van der Waals surface area contributed by atoms with Crippen molar-refractivity contribution >= 4 is 18.8 Å². The van der Waals surface area contributed by atoms with E-state index in [1.54, 1.807) is 0 Å². The van der Waals surface area contributed by atoms with E-state index in [-0.39, 0.29) is 0 Å². The molecule has 0 saturated carbocycles. The first-order valence-electron chi connectivity index (χ1n) is 10.7. The molecule has 32 heavy (non-hydrogen) atoms. The van der Waals surface area contributed by atoms with Gasteiger partial charge in [0, 0.05) is 21.7 Å². The van der Waals surface area contributed by atoms with E-state index in [0.717, 1.165) is 33.8 Å².